The van der Waals surface area contributed by atoms with Crippen molar-refractivity contribution < 1.29 is 10.2 Å². The first-order valence-corrected chi connectivity index (χ1v) is 7.25. The van der Waals surface area contributed by atoms with Gasteiger partial charge in [-0.15, -0.1) is 0 Å². The van der Waals surface area contributed by atoms with Gasteiger partial charge in [-0.25, -0.2) is 0 Å². The minimum atomic E-state index is -0.538. The Balaban J connectivity index is 1.89. The number of nitrogens with one attached hydrogen (secondary N) is 1. The van der Waals surface area contributed by atoms with E-state index in [0.29, 0.717) is 12.0 Å². The Morgan fingerprint density at radius 1 is 1.32 bits per heavy atom. The van der Waals surface area contributed by atoms with E-state index in [-0.39, 0.29) is 13.2 Å². The van der Waals surface area contributed by atoms with E-state index in [2.05, 4.69) is 11.4 Å². The van der Waals surface area contributed by atoms with Crippen molar-refractivity contribution >= 4 is 11.6 Å². The zero-order valence-electron chi connectivity index (χ0n) is 11.3. The van der Waals surface area contributed by atoms with Gasteiger partial charge in [0.2, 0.25) is 0 Å². The van der Waals surface area contributed by atoms with Crippen molar-refractivity contribution in [2.45, 2.75) is 43.7 Å². The van der Waals surface area contributed by atoms with Crippen LogP contribution in [0.5, 0.6) is 0 Å². The van der Waals surface area contributed by atoms with Gasteiger partial charge in [-0.3, -0.25) is 0 Å². The Labute approximate surface area is 119 Å². The second kappa shape index (κ2) is 6.23. The van der Waals surface area contributed by atoms with E-state index in [1.807, 2.05) is 25.1 Å². The summed E-state index contributed by atoms with van der Waals surface area (Å²) >= 11 is 6.00. The van der Waals surface area contributed by atoms with E-state index in [1.54, 1.807) is 0 Å². The number of aliphatic hydroxyl groups excluding tert-OH is 2. The van der Waals surface area contributed by atoms with Crippen molar-refractivity contribution in [2.75, 3.05) is 13.2 Å². The van der Waals surface area contributed by atoms with Crippen LogP contribution in [0.1, 0.15) is 37.7 Å². The van der Waals surface area contributed by atoms with Crippen LogP contribution in [0, 0.1) is 0 Å². The molecular formula is C15H22ClNO2. The van der Waals surface area contributed by atoms with Gasteiger partial charge in [0.1, 0.15) is 0 Å². The van der Waals surface area contributed by atoms with Crippen molar-refractivity contribution in [3.05, 3.63) is 34.9 Å². The molecule has 106 valence electrons. The summed E-state index contributed by atoms with van der Waals surface area (Å²) < 4.78 is 0. The van der Waals surface area contributed by atoms with Gasteiger partial charge in [-0.1, -0.05) is 30.7 Å². The molecule has 0 radical (unpaired) electrons. The van der Waals surface area contributed by atoms with Gasteiger partial charge in [-0.05, 0) is 42.9 Å². The van der Waals surface area contributed by atoms with Gasteiger partial charge in [0.15, 0.2) is 0 Å². The predicted octanol–water partition coefficient (Wildman–Crippen LogP) is 2.31. The van der Waals surface area contributed by atoms with Crippen LogP contribution in [0.2, 0.25) is 5.02 Å². The molecule has 0 spiro atoms. The fourth-order valence-electron chi connectivity index (χ4n) is 2.67. The average molecular weight is 284 g/mol. The molecule has 0 heterocycles. The number of halogens is 1. The molecule has 0 aromatic heterocycles. The largest absolute Gasteiger partial charge is 0.394 e. The highest BCUT2D eigenvalue weighted by Gasteiger charge is 2.36. The summed E-state index contributed by atoms with van der Waals surface area (Å²) in [4.78, 5) is 0. The summed E-state index contributed by atoms with van der Waals surface area (Å²) in [5.74, 6) is 0.531. The molecule has 3 nitrogen and oxygen atoms in total. The molecule has 0 aliphatic heterocycles. The molecule has 1 aliphatic rings. The molecule has 0 unspecified atom stereocenters. The predicted molar refractivity (Wildman–Crippen MR) is 77.5 cm³/mol. The summed E-state index contributed by atoms with van der Waals surface area (Å²) in [6, 6.07) is 8.36. The number of benzene rings is 1. The van der Waals surface area contributed by atoms with Crippen LogP contribution in [-0.4, -0.2) is 35.0 Å². The maximum Gasteiger partial charge on any atom is 0.0647 e. The summed E-state index contributed by atoms with van der Waals surface area (Å²) in [6.07, 6.45) is 2.78. The van der Waals surface area contributed by atoms with Crippen molar-refractivity contribution in [1.29, 1.82) is 0 Å². The summed E-state index contributed by atoms with van der Waals surface area (Å²) in [6.45, 7) is 1.92. The molecule has 4 heteroatoms. The smallest absolute Gasteiger partial charge is 0.0647 e. The molecule has 2 rings (SSSR count). The lowest BCUT2D eigenvalue weighted by molar-refractivity contribution is 0.0627. The monoisotopic (exact) mass is 283 g/mol. The molecule has 1 aromatic rings. The van der Waals surface area contributed by atoms with E-state index in [1.165, 1.54) is 5.56 Å². The standard InChI is InChI=1S/C15H22ClNO2/c1-2-15(9-18,10-19)17-14-7-12(8-14)11-4-3-5-13(16)6-11/h3-6,12,14,17-19H,2,7-10H2,1H3. The maximum atomic E-state index is 9.42. The lowest BCUT2D eigenvalue weighted by atomic mass is 9.74. The number of rotatable bonds is 6. The lowest BCUT2D eigenvalue weighted by Gasteiger charge is -2.43. The van der Waals surface area contributed by atoms with Gasteiger partial charge >= 0.3 is 0 Å². The Kier molecular flexibility index (Phi) is 4.85. The van der Waals surface area contributed by atoms with Gasteiger partial charge < -0.3 is 15.5 Å². The van der Waals surface area contributed by atoms with E-state index in [4.69, 9.17) is 11.6 Å². The van der Waals surface area contributed by atoms with Gasteiger partial charge in [0.25, 0.3) is 0 Å². The topological polar surface area (TPSA) is 52.5 Å². The molecule has 1 fully saturated rings. The van der Waals surface area contributed by atoms with Crippen LogP contribution >= 0.6 is 11.6 Å². The summed E-state index contributed by atoms with van der Waals surface area (Å²) in [5, 5.41) is 23.0. The average Bonchev–Trinajstić information content (AvgIpc) is 2.39. The fourth-order valence-corrected chi connectivity index (χ4v) is 2.87. The Morgan fingerprint density at radius 3 is 2.53 bits per heavy atom. The minimum absolute atomic E-state index is 0.0294. The summed E-state index contributed by atoms with van der Waals surface area (Å²) in [5.41, 5.74) is 0.741. The van der Waals surface area contributed by atoms with Crippen molar-refractivity contribution in [2.24, 2.45) is 0 Å². The maximum absolute atomic E-state index is 9.42. The van der Waals surface area contributed by atoms with Crippen molar-refractivity contribution in [1.82, 2.24) is 5.32 Å². The number of hydrogen-bond acceptors (Lipinski definition) is 3. The minimum Gasteiger partial charge on any atom is -0.394 e. The molecule has 3 N–H and O–H groups in total. The highest BCUT2D eigenvalue weighted by atomic mass is 35.5. The second-order valence-electron chi connectivity index (χ2n) is 5.51. The van der Waals surface area contributed by atoms with E-state index in [0.717, 1.165) is 24.3 Å². The van der Waals surface area contributed by atoms with Crippen LogP contribution in [0.4, 0.5) is 0 Å². The number of aliphatic hydroxyl groups is 2. The third-order valence-electron chi connectivity index (χ3n) is 4.25. The summed E-state index contributed by atoms with van der Waals surface area (Å²) in [7, 11) is 0. The van der Waals surface area contributed by atoms with Crippen molar-refractivity contribution in [3.63, 3.8) is 0 Å². The van der Waals surface area contributed by atoms with E-state index in [9.17, 15) is 10.2 Å². The van der Waals surface area contributed by atoms with E-state index < -0.39 is 5.54 Å². The van der Waals surface area contributed by atoms with Crippen LogP contribution in [0.25, 0.3) is 0 Å². The van der Waals surface area contributed by atoms with E-state index >= 15 is 0 Å². The molecule has 0 bridgehead atoms. The second-order valence-corrected chi connectivity index (χ2v) is 5.95. The van der Waals surface area contributed by atoms with Crippen LogP contribution in [0.15, 0.2) is 24.3 Å². The van der Waals surface area contributed by atoms with Crippen molar-refractivity contribution in [3.8, 4) is 0 Å². The molecule has 1 aliphatic carbocycles. The molecule has 0 atom stereocenters. The van der Waals surface area contributed by atoms with Gasteiger partial charge in [-0.2, -0.15) is 0 Å². The normalized spacial score (nSPS) is 23.2. The molecule has 1 saturated carbocycles. The first-order valence-electron chi connectivity index (χ1n) is 6.87. The van der Waals surface area contributed by atoms with Crippen LogP contribution in [-0.2, 0) is 0 Å². The zero-order chi connectivity index (χ0) is 13.9. The Bertz CT molecular complexity index is 406. The zero-order valence-corrected chi connectivity index (χ0v) is 12.0. The molecule has 1 aromatic carbocycles. The molecule has 0 amide bonds. The fraction of sp³-hybridized carbons (Fsp3) is 0.600. The highest BCUT2D eigenvalue weighted by molar-refractivity contribution is 6.30. The molecule has 0 saturated heterocycles. The quantitative estimate of drug-likeness (QED) is 0.751. The Morgan fingerprint density at radius 2 is 2.00 bits per heavy atom. The third-order valence-corrected chi connectivity index (χ3v) is 4.49. The highest BCUT2D eigenvalue weighted by Crippen LogP contribution is 2.38. The van der Waals surface area contributed by atoms with Crippen LogP contribution in [0.3, 0.4) is 0 Å². The third kappa shape index (κ3) is 3.29. The van der Waals surface area contributed by atoms with Gasteiger partial charge in [0.05, 0.1) is 18.8 Å². The van der Waals surface area contributed by atoms with Crippen LogP contribution < -0.4 is 5.32 Å². The van der Waals surface area contributed by atoms with Gasteiger partial charge in [0, 0.05) is 11.1 Å². The SMILES string of the molecule is CCC(CO)(CO)NC1CC(c2cccc(Cl)c2)C1. The Hall–Kier alpha value is -0.610. The first-order chi connectivity index (χ1) is 9.12. The molecule has 19 heavy (non-hydrogen) atoms. The molecular weight excluding hydrogens is 262 g/mol. The first kappa shape index (κ1) is 14.8. The lowest BCUT2D eigenvalue weighted by Crippen LogP contribution is -2.58. The number of hydrogen-bond donors (Lipinski definition) is 3.